The van der Waals surface area contributed by atoms with E-state index in [2.05, 4.69) is 52.1 Å². The Morgan fingerprint density at radius 3 is 2.77 bits per heavy atom. The third-order valence-electron chi connectivity index (χ3n) is 3.73. The van der Waals surface area contributed by atoms with Gasteiger partial charge in [0.05, 0.1) is 9.89 Å². The van der Waals surface area contributed by atoms with Crippen LogP contribution < -0.4 is 5.32 Å². The van der Waals surface area contributed by atoms with Crippen molar-refractivity contribution >= 4 is 33.2 Å². The largest absolute Gasteiger partial charge is 0.378 e. The lowest BCUT2D eigenvalue weighted by Crippen LogP contribution is -2.47. The molecule has 0 saturated carbocycles. The summed E-state index contributed by atoms with van der Waals surface area (Å²) in [5.74, 6) is 1.05. The molecule has 1 N–H and O–H groups in total. The van der Waals surface area contributed by atoms with Crippen LogP contribution in [0.25, 0.3) is 0 Å². The summed E-state index contributed by atoms with van der Waals surface area (Å²) in [5, 5.41) is 3.42. The van der Waals surface area contributed by atoms with Gasteiger partial charge in [-0.15, -0.1) is 11.3 Å². The maximum Gasteiger partial charge on any atom is 0.193 e. The third kappa shape index (κ3) is 5.56. The number of ether oxygens (including phenoxy) is 1. The van der Waals surface area contributed by atoms with E-state index in [1.165, 1.54) is 8.66 Å². The minimum atomic E-state index is 0.424. The van der Waals surface area contributed by atoms with Crippen molar-refractivity contribution in [3.05, 3.63) is 20.8 Å². The minimum absolute atomic E-state index is 0.424. The number of nitrogens with one attached hydrogen (secondary N) is 1. The lowest BCUT2D eigenvalue weighted by Gasteiger charge is -2.34. The Bertz CT molecular complexity index is 470. The maximum absolute atomic E-state index is 5.72. The van der Waals surface area contributed by atoms with Crippen molar-refractivity contribution in [3.8, 4) is 0 Å². The maximum atomic E-state index is 5.72. The second-order valence-electron chi connectivity index (χ2n) is 5.33. The third-order valence-corrected chi connectivity index (χ3v) is 5.41. The molecule has 2 heterocycles. The van der Waals surface area contributed by atoms with Crippen LogP contribution >= 0.6 is 27.3 Å². The molecule has 1 aliphatic heterocycles. The molecule has 1 saturated heterocycles. The Kier molecular flexibility index (Phi) is 7.69. The van der Waals surface area contributed by atoms with Crippen molar-refractivity contribution < 1.29 is 4.74 Å². The molecule has 4 nitrogen and oxygen atoms in total. The summed E-state index contributed by atoms with van der Waals surface area (Å²) in [4.78, 5) is 8.54. The number of hydrogen-bond donors (Lipinski definition) is 1. The standard InChI is InChI=1S/C16H26BrN3OS/c1-3-18-16(19-10-7-14-5-6-15(17)22-14)20-11-8-13(9-12-20)21-4-2/h5-6,13H,3-4,7-12H2,1-2H3,(H,18,19). The van der Waals surface area contributed by atoms with Gasteiger partial charge < -0.3 is 15.0 Å². The van der Waals surface area contributed by atoms with Gasteiger partial charge in [0.15, 0.2) is 5.96 Å². The number of thiophene rings is 1. The highest BCUT2D eigenvalue weighted by molar-refractivity contribution is 9.11. The number of aliphatic imine (C=N–C) groups is 1. The second kappa shape index (κ2) is 9.53. The Balaban J connectivity index is 1.84. The van der Waals surface area contributed by atoms with Crippen molar-refractivity contribution in [1.82, 2.24) is 10.2 Å². The first-order valence-electron chi connectivity index (χ1n) is 8.12. The molecule has 0 bridgehead atoms. The first kappa shape index (κ1) is 17.8. The van der Waals surface area contributed by atoms with Gasteiger partial charge in [0, 0.05) is 44.1 Å². The normalized spacial score (nSPS) is 17.0. The predicted octanol–water partition coefficient (Wildman–Crippen LogP) is 3.52. The molecule has 0 spiro atoms. The van der Waals surface area contributed by atoms with Gasteiger partial charge in [0.25, 0.3) is 0 Å². The zero-order valence-electron chi connectivity index (χ0n) is 13.5. The zero-order chi connectivity index (χ0) is 15.8. The molecule has 0 aliphatic carbocycles. The molecule has 0 unspecified atom stereocenters. The van der Waals surface area contributed by atoms with Crippen LogP contribution in [0.3, 0.4) is 0 Å². The SMILES string of the molecule is CCNC(=NCCc1ccc(Br)s1)N1CCC(OCC)CC1. The summed E-state index contributed by atoms with van der Waals surface area (Å²) >= 11 is 5.30. The summed E-state index contributed by atoms with van der Waals surface area (Å²) in [6.45, 7) is 8.81. The number of rotatable bonds is 6. The molecule has 0 aromatic carbocycles. The Morgan fingerprint density at radius 1 is 1.41 bits per heavy atom. The van der Waals surface area contributed by atoms with Crippen LogP contribution in [-0.2, 0) is 11.2 Å². The Labute approximate surface area is 146 Å². The van der Waals surface area contributed by atoms with E-state index in [0.29, 0.717) is 6.10 Å². The van der Waals surface area contributed by atoms with Crippen LogP contribution in [-0.4, -0.2) is 49.7 Å². The highest BCUT2D eigenvalue weighted by Crippen LogP contribution is 2.22. The number of guanidine groups is 1. The Morgan fingerprint density at radius 2 is 2.18 bits per heavy atom. The zero-order valence-corrected chi connectivity index (χ0v) is 15.9. The van der Waals surface area contributed by atoms with E-state index in [-0.39, 0.29) is 0 Å². The van der Waals surface area contributed by atoms with E-state index >= 15 is 0 Å². The second-order valence-corrected chi connectivity index (χ2v) is 7.88. The van der Waals surface area contributed by atoms with Crippen LogP contribution in [0.5, 0.6) is 0 Å². The van der Waals surface area contributed by atoms with E-state index in [0.717, 1.165) is 58.0 Å². The van der Waals surface area contributed by atoms with Crippen molar-refractivity contribution in [3.63, 3.8) is 0 Å². The van der Waals surface area contributed by atoms with E-state index in [1.807, 2.05) is 0 Å². The first-order valence-corrected chi connectivity index (χ1v) is 9.73. The molecular formula is C16H26BrN3OS. The van der Waals surface area contributed by atoms with E-state index in [9.17, 15) is 0 Å². The molecule has 6 heteroatoms. The fourth-order valence-corrected chi connectivity index (χ4v) is 4.13. The van der Waals surface area contributed by atoms with Crippen LogP contribution in [0.4, 0.5) is 0 Å². The van der Waals surface area contributed by atoms with E-state index < -0.39 is 0 Å². The van der Waals surface area contributed by atoms with E-state index in [4.69, 9.17) is 9.73 Å². The molecule has 1 aromatic heterocycles. The highest BCUT2D eigenvalue weighted by atomic mass is 79.9. The summed E-state index contributed by atoms with van der Waals surface area (Å²) < 4.78 is 6.91. The number of hydrogen-bond acceptors (Lipinski definition) is 3. The molecule has 0 amide bonds. The average molecular weight is 388 g/mol. The number of nitrogens with zero attached hydrogens (tertiary/aromatic N) is 2. The summed E-state index contributed by atoms with van der Waals surface area (Å²) in [6, 6.07) is 4.28. The molecule has 1 aromatic rings. The molecule has 22 heavy (non-hydrogen) atoms. The fourth-order valence-electron chi connectivity index (χ4n) is 2.65. The topological polar surface area (TPSA) is 36.9 Å². The van der Waals surface area contributed by atoms with Gasteiger partial charge >= 0.3 is 0 Å². The Hall–Kier alpha value is -0.590. The first-order chi connectivity index (χ1) is 10.7. The summed E-state index contributed by atoms with van der Waals surface area (Å²) in [7, 11) is 0. The fraction of sp³-hybridized carbons (Fsp3) is 0.688. The van der Waals surface area contributed by atoms with Gasteiger partial charge in [-0.2, -0.15) is 0 Å². The van der Waals surface area contributed by atoms with Gasteiger partial charge in [-0.3, -0.25) is 4.99 Å². The smallest absolute Gasteiger partial charge is 0.193 e. The number of likely N-dealkylation sites (tertiary alicyclic amines) is 1. The van der Waals surface area contributed by atoms with Crippen LogP contribution in [0, 0.1) is 0 Å². The number of halogens is 1. The van der Waals surface area contributed by atoms with Gasteiger partial charge in [0.2, 0.25) is 0 Å². The van der Waals surface area contributed by atoms with Crippen LogP contribution in [0.15, 0.2) is 20.9 Å². The van der Waals surface area contributed by atoms with Crippen molar-refractivity contribution in [1.29, 1.82) is 0 Å². The van der Waals surface area contributed by atoms with Gasteiger partial charge in [-0.1, -0.05) is 0 Å². The number of piperidine rings is 1. The summed E-state index contributed by atoms with van der Waals surface area (Å²) in [6.07, 6.45) is 3.61. The van der Waals surface area contributed by atoms with Gasteiger partial charge in [0.1, 0.15) is 0 Å². The van der Waals surface area contributed by atoms with Crippen molar-refractivity contribution in [2.24, 2.45) is 4.99 Å². The van der Waals surface area contributed by atoms with Crippen LogP contribution in [0.1, 0.15) is 31.6 Å². The molecular weight excluding hydrogens is 362 g/mol. The quantitative estimate of drug-likeness (QED) is 0.599. The van der Waals surface area contributed by atoms with Gasteiger partial charge in [-0.25, -0.2) is 0 Å². The minimum Gasteiger partial charge on any atom is -0.378 e. The summed E-state index contributed by atoms with van der Waals surface area (Å²) in [5.41, 5.74) is 0. The lowest BCUT2D eigenvalue weighted by atomic mass is 10.1. The monoisotopic (exact) mass is 387 g/mol. The molecule has 124 valence electrons. The molecule has 0 atom stereocenters. The van der Waals surface area contributed by atoms with Crippen molar-refractivity contribution in [2.45, 2.75) is 39.2 Å². The highest BCUT2D eigenvalue weighted by Gasteiger charge is 2.21. The van der Waals surface area contributed by atoms with Gasteiger partial charge in [-0.05, 0) is 54.8 Å². The molecule has 1 fully saturated rings. The predicted molar refractivity (Wildman–Crippen MR) is 97.9 cm³/mol. The molecule has 0 radical (unpaired) electrons. The molecule has 1 aliphatic rings. The average Bonchev–Trinajstić information content (AvgIpc) is 2.93. The molecule has 2 rings (SSSR count). The van der Waals surface area contributed by atoms with Crippen molar-refractivity contribution in [2.75, 3.05) is 32.8 Å². The van der Waals surface area contributed by atoms with Crippen LogP contribution in [0.2, 0.25) is 0 Å². The van der Waals surface area contributed by atoms with E-state index in [1.54, 1.807) is 11.3 Å². The lowest BCUT2D eigenvalue weighted by molar-refractivity contribution is 0.0264.